The first-order valence-electron chi connectivity index (χ1n) is 7.49. The zero-order valence-corrected chi connectivity index (χ0v) is 12.4. The van der Waals surface area contributed by atoms with Crippen molar-refractivity contribution in [1.29, 1.82) is 0 Å². The first-order chi connectivity index (χ1) is 10.2. The molecule has 1 aromatic rings. The van der Waals surface area contributed by atoms with Crippen molar-refractivity contribution in [3.05, 3.63) is 35.9 Å². The number of benzene rings is 1. The molecule has 1 fully saturated rings. The number of esters is 1. The van der Waals surface area contributed by atoms with E-state index in [4.69, 9.17) is 9.47 Å². The highest BCUT2D eigenvalue weighted by Crippen LogP contribution is 2.26. The second-order valence-electron chi connectivity index (χ2n) is 5.44. The van der Waals surface area contributed by atoms with Crippen LogP contribution < -0.4 is 0 Å². The van der Waals surface area contributed by atoms with Gasteiger partial charge in [0.2, 0.25) is 6.10 Å². The molecule has 1 unspecified atom stereocenters. The third kappa shape index (κ3) is 4.39. The molecule has 4 heteroatoms. The fourth-order valence-corrected chi connectivity index (χ4v) is 2.73. The Bertz CT molecular complexity index is 463. The number of Topliss-reactive ketones (excluding diaryl/α,β-unsaturated/α-hetero) is 1. The number of carbonyl (C=O) groups excluding carboxylic acids is 2. The summed E-state index contributed by atoms with van der Waals surface area (Å²) in [7, 11) is 1.29. The summed E-state index contributed by atoms with van der Waals surface area (Å²) in [5.41, 5.74) is 0.933. The molecule has 0 aliphatic heterocycles. The van der Waals surface area contributed by atoms with Crippen molar-refractivity contribution in [2.24, 2.45) is 5.92 Å². The summed E-state index contributed by atoms with van der Waals surface area (Å²) in [5, 5.41) is 0. The van der Waals surface area contributed by atoms with Crippen molar-refractivity contribution in [3.63, 3.8) is 0 Å². The Balaban J connectivity index is 2.00. The zero-order valence-electron chi connectivity index (χ0n) is 12.4. The lowest BCUT2D eigenvalue weighted by atomic mass is 9.84. The smallest absolute Gasteiger partial charge is 0.342 e. The van der Waals surface area contributed by atoms with Gasteiger partial charge < -0.3 is 9.47 Å². The van der Waals surface area contributed by atoms with Crippen molar-refractivity contribution >= 4 is 11.8 Å². The van der Waals surface area contributed by atoms with Crippen molar-refractivity contribution in [1.82, 2.24) is 0 Å². The summed E-state index contributed by atoms with van der Waals surface area (Å²) in [4.78, 5) is 24.3. The zero-order chi connectivity index (χ0) is 15.1. The number of rotatable bonds is 6. The highest BCUT2D eigenvalue weighted by molar-refractivity contribution is 6.03. The van der Waals surface area contributed by atoms with E-state index in [1.807, 2.05) is 30.3 Å². The first kappa shape index (κ1) is 15.7. The van der Waals surface area contributed by atoms with E-state index < -0.39 is 12.1 Å². The van der Waals surface area contributed by atoms with Gasteiger partial charge in [0.25, 0.3) is 0 Å². The maximum Gasteiger partial charge on any atom is 0.342 e. The number of methoxy groups -OCH3 is 1. The van der Waals surface area contributed by atoms with Gasteiger partial charge in [-0.05, 0) is 18.4 Å². The van der Waals surface area contributed by atoms with Crippen LogP contribution in [0, 0.1) is 5.92 Å². The van der Waals surface area contributed by atoms with E-state index in [1.165, 1.54) is 7.11 Å². The van der Waals surface area contributed by atoms with Crippen LogP contribution in [0.25, 0.3) is 0 Å². The standard InChI is InChI=1S/C17H22O4/c1-20-17(19)16(15(18)14-10-6-3-7-11-14)21-12-13-8-4-2-5-9-13/h2,4-5,8-9,14,16H,3,6-7,10-12H2,1H3. The molecule has 2 rings (SSSR count). The van der Waals surface area contributed by atoms with Crippen molar-refractivity contribution in [3.8, 4) is 0 Å². The van der Waals surface area contributed by atoms with Gasteiger partial charge in [-0.1, -0.05) is 49.6 Å². The minimum atomic E-state index is -1.10. The Labute approximate surface area is 125 Å². The highest BCUT2D eigenvalue weighted by atomic mass is 16.6. The molecule has 1 atom stereocenters. The fraction of sp³-hybridized carbons (Fsp3) is 0.529. The molecule has 0 saturated heterocycles. The van der Waals surface area contributed by atoms with E-state index in [1.54, 1.807) is 0 Å². The predicted octanol–water partition coefficient (Wildman–Crippen LogP) is 2.89. The van der Waals surface area contributed by atoms with Crippen molar-refractivity contribution < 1.29 is 19.1 Å². The molecule has 114 valence electrons. The summed E-state index contributed by atoms with van der Waals surface area (Å²) in [6.45, 7) is 0.235. The van der Waals surface area contributed by atoms with E-state index in [0.29, 0.717) is 0 Å². The van der Waals surface area contributed by atoms with Gasteiger partial charge in [0.1, 0.15) is 0 Å². The minimum Gasteiger partial charge on any atom is -0.467 e. The van der Waals surface area contributed by atoms with Gasteiger partial charge in [0.15, 0.2) is 5.78 Å². The fourth-order valence-electron chi connectivity index (χ4n) is 2.73. The predicted molar refractivity (Wildman–Crippen MR) is 78.6 cm³/mol. The molecule has 0 spiro atoms. The molecular formula is C17H22O4. The average molecular weight is 290 g/mol. The molecule has 1 saturated carbocycles. The van der Waals surface area contributed by atoms with Crippen LogP contribution in [0.4, 0.5) is 0 Å². The normalized spacial score (nSPS) is 17.2. The van der Waals surface area contributed by atoms with E-state index in [9.17, 15) is 9.59 Å². The number of hydrogen-bond donors (Lipinski definition) is 0. The maximum atomic E-state index is 12.5. The van der Waals surface area contributed by atoms with Crippen LogP contribution >= 0.6 is 0 Å². The molecule has 0 heterocycles. The number of carbonyl (C=O) groups is 2. The van der Waals surface area contributed by atoms with Gasteiger partial charge in [0, 0.05) is 5.92 Å². The molecule has 1 aliphatic carbocycles. The Hall–Kier alpha value is -1.68. The van der Waals surface area contributed by atoms with Crippen LogP contribution in [0.15, 0.2) is 30.3 Å². The number of ether oxygens (including phenoxy) is 2. The largest absolute Gasteiger partial charge is 0.467 e. The Kier molecular flexibility index (Phi) is 5.93. The topological polar surface area (TPSA) is 52.6 Å². The van der Waals surface area contributed by atoms with Gasteiger partial charge >= 0.3 is 5.97 Å². The molecule has 0 radical (unpaired) electrons. The third-order valence-corrected chi connectivity index (χ3v) is 3.94. The molecule has 1 aromatic carbocycles. The maximum absolute atomic E-state index is 12.5. The lowest BCUT2D eigenvalue weighted by Gasteiger charge is -2.24. The summed E-state index contributed by atoms with van der Waals surface area (Å²) in [6.07, 6.45) is 3.85. The van der Waals surface area contributed by atoms with Crippen molar-refractivity contribution in [2.45, 2.75) is 44.8 Å². The lowest BCUT2D eigenvalue weighted by molar-refractivity contribution is -0.162. The van der Waals surface area contributed by atoms with Gasteiger partial charge in [0.05, 0.1) is 13.7 Å². The average Bonchev–Trinajstić information content (AvgIpc) is 2.56. The van der Waals surface area contributed by atoms with E-state index >= 15 is 0 Å². The van der Waals surface area contributed by atoms with Crippen LogP contribution in [0.3, 0.4) is 0 Å². The van der Waals surface area contributed by atoms with Gasteiger partial charge in [-0.2, -0.15) is 0 Å². The van der Waals surface area contributed by atoms with Crippen LogP contribution in [-0.2, 0) is 25.7 Å². The molecular weight excluding hydrogens is 268 g/mol. The minimum absolute atomic E-state index is 0.0707. The van der Waals surface area contributed by atoms with Crippen molar-refractivity contribution in [2.75, 3.05) is 7.11 Å². The Morgan fingerprint density at radius 2 is 1.81 bits per heavy atom. The van der Waals surface area contributed by atoms with E-state index in [0.717, 1.165) is 37.7 Å². The molecule has 21 heavy (non-hydrogen) atoms. The van der Waals surface area contributed by atoms with Crippen LogP contribution in [0.5, 0.6) is 0 Å². The van der Waals surface area contributed by atoms with Gasteiger partial charge in [-0.25, -0.2) is 4.79 Å². The summed E-state index contributed by atoms with van der Waals surface area (Å²) in [6, 6.07) is 9.51. The molecule has 0 N–H and O–H groups in total. The third-order valence-electron chi connectivity index (χ3n) is 3.94. The highest BCUT2D eigenvalue weighted by Gasteiger charge is 2.34. The SMILES string of the molecule is COC(=O)C(OCc1ccccc1)C(=O)C1CCCCC1. The molecule has 4 nitrogen and oxygen atoms in total. The molecule has 1 aliphatic rings. The summed E-state index contributed by atoms with van der Waals surface area (Å²) in [5.74, 6) is -0.794. The second-order valence-corrected chi connectivity index (χ2v) is 5.44. The second kappa shape index (κ2) is 7.93. The summed E-state index contributed by atoms with van der Waals surface area (Å²) >= 11 is 0. The number of ketones is 1. The Morgan fingerprint density at radius 1 is 1.14 bits per heavy atom. The number of hydrogen-bond acceptors (Lipinski definition) is 4. The van der Waals surface area contributed by atoms with Crippen LogP contribution in [0.1, 0.15) is 37.7 Å². The van der Waals surface area contributed by atoms with Gasteiger partial charge in [-0.15, -0.1) is 0 Å². The van der Waals surface area contributed by atoms with E-state index in [2.05, 4.69) is 0 Å². The van der Waals surface area contributed by atoms with Crippen LogP contribution in [-0.4, -0.2) is 25.0 Å². The molecule has 0 bridgehead atoms. The Morgan fingerprint density at radius 3 is 2.43 bits per heavy atom. The van der Waals surface area contributed by atoms with Crippen LogP contribution in [0.2, 0.25) is 0 Å². The monoisotopic (exact) mass is 290 g/mol. The van der Waals surface area contributed by atoms with E-state index in [-0.39, 0.29) is 18.3 Å². The molecule has 0 aromatic heterocycles. The quantitative estimate of drug-likeness (QED) is 0.597. The summed E-state index contributed by atoms with van der Waals surface area (Å²) < 4.78 is 10.3. The first-order valence-corrected chi connectivity index (χ1v) is 7.49. The van der Waals surface area contributed by atoms with Gasteiger partial charge in [-0.3, -0.25) is 4.79 Å². The molecule has 0 amide bonds. The lowest BCUT2D eigenvalue weighted by Crippen LogP contribution is -2.38.